The van der Waals surface area contributed by atoms with Crippen LogP contribution in [0.25, 0.3) is 22.6 Å². The molecule has 3 heterocycles. The van der Waals surface area contributed by atoms with Gasteiger partial charge in [-0.25, -0.2) is 4.68 Å². The topological polar surface area (TPSA) is 92.3 Å². The van der Waals surface area contributed by atoms with Crippen molar-refractivity contribution in [2.24, 2.45) is 0 Å². The molecule has 4 aromatic rings. The third-order valence-corrected chi connectivity index (χ3v) is 5.16. The van der Waals surface area contributed by atoms with E-state index in [4.69, 9.17) is 14.0 Å². The molecule has 31 heavy (non-hydrogen) atoms. The zero-order valence-corrected chi connectivity index (χ0v) is 16.9. The number of fused-ring (bicyclic) bond motifs is 1. The summed E-state index contributed by atoms with van der Waals surface area (Å²) in [5.41, 5.74) is 3.56. The van der Waals surface area contributed by atoms with Crippen molar-refractivity contribution < 1.29 is 14.0 Å². The summed E-state index contributed by atoms with van der Waals surface area (Å²) in [7, 11) is 0. The van der Waals surface area contributed by atoms with E-state index in [2.05, 4.69) is 34.3 Å². The largest absolute Gasteiger partial charge is 0.454 e. The molecule has 0 N–H and O–H groups in total. The van der Waals surface area contributed by atoms with Gasteiger partial charge in [-0.3, -0.25) is 4.79 Å². The van der Waals surface area contributed by atoms with Gasteiger partial charge in [0, 0.05) is 23.6 Å². The second-order valence-corrected chi connectivity index (χ2v) is 7.16. The minimum atomic E-state index is -0.176. The molecule has 0 atom stereocenters. The number of aromatic nitrogens is 4. The van der Waals surface area contributed by atoms with Crippen molar-refractivity contribution in [1.29, 1.82) is 0 Å². The van der Waals surface area contributed by atoms with Gasteiger partial charge in [-0.15, -0.1) is 0 Å². The first-order valence-electron chi connectivity index (χ1n) is 10.1. The Morgan fingerprint density at radius 2 is 1.77 bits per heavy atom. The number of nitrogens with zero attached hydrogens (tertiary/aromatic N) is 4. The van der Waals surface area contributed by atoms with Crippen LogP contribution in [0.3, 0.4) is 0 Å². The van der Waals surface area contributed by atoms with E-state index in [-0.39, 0.29) is 12.4 Å². The summed E-state index contributed by atoms with van der Waals surface area (Å²) in [4.78, 5) is 16.7. The molecule has 2 aromatic carbocycles. The summed E-state index contributed by atoms with van der Waals surface area (Å²) >= 11 is 0. The van der Waals surface area contributed by atoms with Crippen molar-refractivity contribution in [1.82, 2.24) is 19.9 Å². The quantitative estimate of drug-likeness (QED) is 0.475. The molecule has 0 bridgehead atoms. The van der Waals surface area contributed by atoms with Gasteiger partial charge in [0.2, 0.25) is 18.5 Å². The van der Waals surface area contributed by atoms with Crippen LogP contribution in [0.2, 0.25) is 0 Å². The first-order chi connectivity index (χ1) is 15.2. The van der Waals surface area contributed by atoms with Gasteiger partial charge in [0.25, 0.3) is 5.56 Å². The Labute approximate surface area is 178 Å². The molecule has 0 unspecified atom stereocenters. The van der Waals surface area contributed by atoms with Crippen LogP contribution >= 0.6 is 0 Å². The molecule has 5 rings (SSSR count). The van der Waals surface area contributed by atoms with E-state index in [0.717, 1.165) is 23.2 Å². The first kappa shape index (κ1) is 19.0. The van der Waals surface area contributed by atoms with Gasteiger partial charge < -0.3 is 14.0 Å². The number of rotatable bonds is 6. The highest BCUT2D eigenvalue weighted by Crippen LogP contribution is 2.35. The van der Waals surface area contributed by atoms with Gasteiger partial charge in [-0.2, -0.15) is 10.1 Å². The fraction of sp³-hybridized carbons (Fsp3) is 0.217. The molecule has 0 spiro atoms. The Balaban J connectivity index is 1.31. The maximum Gasteiger partial charge on any atom is 0.266 e. The average Bonchev–Trinajstić information content (AvgIpc) is 3.47. The molecule has 0 amide bonds. The molecule has 156 valence electrons. The van der Waals surface area contributed by atoms with Gasteiger partial charge in [-0.1, -0.05) is 36.3 Å². The molecule has 8 nitrogen and oxygen atoms in total. The molecular formula is C23H20N4O4. The van der Waals surface area contributed by atoms with Crippen LogP contribution in [0.5, 0.6) is 11.5 Å². The Morgan fingerprint density at radius 1 is 0.968 bits per heavy atom. The highest BCUT2D eigenvalue weighted by atomic mass is 16.7. The second-order valence-electron chi connectivity index (χ2n) is 7.16. The van der Waals surface area contributed by atoms with Crippen LogP contribution in [-0.4, -0.2) is 26.7 Å². The normalized spacial score (nSPS) is 12.3. The summed E-state index contributed by atoms with van der Waals surface area (Å²) in [5.74, 6) is 2.24. The SMILES string of the molecule is CCc1ccc(-c2ccc(=O)n(CCc3nc(-c4ccc5c(c4)OCO5)no3)n2)cc1. The maximum atomic E-state index is 12.3. The lowest BCUT2D eigenvalue weighted by atomic mass is 10.1. The van der Waals surface area contributed by atoms with E-state index in [1.54, 1.807) is 6.07 Å². The summed E-state index contributed by atoms with van der Waals surface area (Å²) in [6.45, 7) is 2.66. The fourth-order valence-corrected chi connectivity index (χ4v) is 3.39. The number of aryl methyl sites for hydroxylation is 3. The molecule has 0 radical (unpaired) electrons. The fourth-order valence-electron chi connectivity index (χ4n) is 3.39. The third-order valence-electron chi connectivity index (χ3n) is 5.16. The highest BCUT2D eigenvalue weighted by Gasteiger charge is 2.16. The van der Waals surface area contributed by atoms with E-state index < -0.39 is 0 Å². The predicted octanol–water partition coefficient (Wildman–Crippen LogP) is 3.49. The maximum absolute atomic E-state index is 12.3. The van der Waals surface area contributed by atoms with Crippen molar-refractivity contribution in [2.45, 2.75) is 26.3 Å². The van der Waals surface area contributed by atoms with Crippen LogP contribution in [0.1, 0.15) is 18.4 Å². The Hall–Kier alpha value is -3.94. The van der Waals surface area contributed by atoms with E-state index in [1.165, 1.54) is 16.3 Å². The van der Waals surface area contributed by atoms with Crippen LogP contribution in [0.15, 0.2) is 63.9 Å². The Kier molecular flexibility index (Phi) is 4.95. The minimum Gasteiger partial charge on any atom is -0.454 e. The van der Waals surface area contributed by atoms with E-state index in [9.17, 15) is 4.79 Å². The van der Waals surface area contributed by atoms with Crippen LogP contribution in [0.4, 0.5) is 0 Å². The lowest BCUT2D eigenvalue weighted by Crippen LogP contribution is -2.23. The average molecular weight is 416 g/mol. The second kappa shape index (κ2) is 8.06. The number of ether oxygens (including phenoxy) is 2. The standard InChI is InChI=1S/C23H20N4O4/c1-2-15-3-5-16(6-4-15)18-8-10-22(28)27(25-18)12-11-21-24-23(26-31-21)17-7-9-19-20(13-17)30-14-29-19/h3-10,13H,2,11-12,14H2,1H3. The molecule has 0 fully saturated rings. The summed E-state index contributed by atoms with van der Waals surface area (Å²) in [5, 5.41) is 8.54. The zero-order valence-electron chi connectivity index (χ0n) is 16.9. The summed E-state index contributed by atoms with van der Waals surface area (Å²) in [6, 6.07) is 16.9. The number of benzene rings is 2. The van der Waals surface area contributed by atoms with Crippen molar-refractivity contribution in [3.8, 4) is 34.1 Å². The number of hydrogen-bond donors (Lipinski definition) is 0. The van der Waals surface area contributed by atoms with Crippen LogP contribution in [0, 0.1) is 0 Å². The number of hydrogen-bond acceptors (Lipinski definition) is 7. The molecule has 0 saturated heterocycles. The lowest BCUT2D eigenvalue weighted by Gasteiger charge is -2.06. The molecule has 0 saturated carbocycles. The molecule has 2 aromatic heterocycles. The van der Waals surface area contributed by atoms with Gasteiger partial charge in [0.15, 0.2) is 11.5 Å². The van der Waals surface area contributed by atoms with Gasteiger partial charge in [0.1, 0.15) is 0 Å². The minimum absolute atomic E-state index is 0.176. The van der Waals surface area contributed by atoms with Gasteiger partial charge in [-0.05, 0) is 36.2 Å². The van der Waals surface area contributed by atoms with E-state index in [0.29, 0.717) is 36.2 Å². The Bertz CT molecular complexity index is 1280. The summed E-state index contributed by atoms with van der Waals surface area (Å²) < 4.78 is 17.5. The lowest BCUT2D eigenvalue weighted by molar-refractivity contribution is 0.174. The van der Waals surface area contributed by atoms with Crippen molar-refractivity contribution in [3.05, 3.63) is 76.4 Å². The molecule has 0 aliphatic carbocycles. The molecule has 8 heteroatoms. The smallest absolute Gasteiger partial charge is 0.266 e. The summed E-state index contributed by atoms with van der Waals surface area (Å²) in [6.07, 6.45) is 1.37. The van der Waals surface area contributed by atoms with Gasteiger partial charge in [0.05, 0.1) is 12.2 Å². The van der Waals surface area contributed by atoms with Crippen molar-refractivity contribution >= 4 is 0 Å². The first-order valence-corrected chi connectivity index (χ1v) is 10.1. The molecule has 1 aliphatic heterocycles. The Morgan fingerprint density at radius 3 is 2.61 bits per heavy atom. The third kappa shape index (κ3) is 3.92. The van der Waals surface area contributed by atoms with Crippen molar-refractivity contribution in [3.63, 3.8) is 0 Å². The van der Waals surface area contributed by atoms with Crippen LogP contribution < -0.4 is 15.0 Å². The molecular weight excluding hydrogens is 396 g/mol. The highest BCUT2D eigenvalue weighted by molar-refractivity contribution is 5.61. The molecule has 1 aliphatic rings. The van der Waals surface area contributed by atoms with Crippen molar-refractivity contribution in [2.75, 3.05) is 6.79 Å². The van der Waals surface area contributed by atoms with E-state index >= 15 is 0 Å². The van der Waals surface area contributed by atoms with Gasteiger partial charge >= 0.3 is 0 Å². The monoisotopic (exact) mass is 416 g/mol. The van der Waals surface area contributed by atoms with Crippen LogP contribution in [-0.2, 0) is 19.4 Å². The zero-order chi connectivity index (χ0) is 21.2. The van der Waals surface area contributed by atoms with E-state index in [1.807, 2.05) is 30.3 Å². The predicted molar refractivity (Wildman–Crippen MR) is 113 cm³/mol.